The number of aromatic amines is 1. The average molecular weight is 335 g/mol. The van der Waals surface area contributed by atoms with Crippen LogP contribution in [0, 0.1) is 10.1 Å². The first-order valence-corrected chi connectivity index (χ1v) is 7.54. The Morgan fingerprint density at radius 1 is 1.39 bits per heavy atom. The lowest BCUT2D eigenvalue weighted by Gasteiger charge is -2.36. The number of benzene rings is 1. The summed E-state index contributed by atoms with van der Waals surface area (Å²) in [5.74, 6) is -0.260. The molecule has 120 valence electrons. The van der Waals surface area contributed by atoms with Gasteiger partial charge in [0, 0.05) is 30.7 Å². The predicted molar refractivity (Wildman–Crippen MR) is 85.5 cm³/mol. The van der Waals surface area contributed by atoms with E-state index in [1.807, 2.05) is 18.2 Å². The van der Waals surface area contributed by atoms with Crippen LogP contribution in [0.15, 0.2) is 36.5 Å². The number of rotatable bonds is 3. The van der Waals surface area contributed by atoms with E-state index in [1.165, 1.54) is 12.3 Å². The van der Waals surface area contributed by atoms with Gasteiger partial charge >= 0.3 is 0 Å². The smallest absolute Gasteiger partial charge is 0.287 e. The third kappa shape index (κ3) is 3.20. The zero-order chi connectivity index (χ0) is 16.4. The highest BCUT2D eigenvalue weighted by Gasteiger charge is 2.30. The van der Waals surface area contributed by atoms with E-state index in [9.17, 15) is 14.9 Å². The van der Waals surface area contributed by atoms with Crippen LogP contribution >= 0.6 is 11.6 Å². The Morgan fingerprint density at radius 3 is 2.91 bits per heavy atom. The number of hydrogen-bond donors (Lipinski definition) is 2. The number of nitrogens with one attached hydrogen (secondary N) is 2. The summed E-state index contributed by atoms with van der Waals surface area (Å²) in [5.41, 5.74) is 1.02. The molecule has 8 heteroatoms. The van der Waals surface area contributed by atoms with Gasteiger partial charge in [-0.1, -0.05) is 23.7 Å². The summed E-state index contributed by atoms with van der Waals surface area (Å²) >= 11 is 6.04. The standard InChI is InChI=1S/C15H15ClN4O3/c16-11-3-1-2-10(6-11)14-9-17-4-5-19(14)15(21)13-7-12(8-18-13)20(22)23/h1-3,6-8,14,17-18H,4-5,9H2. The average Bonchev–Trinajstić information content (AvgIpc) is 3.04. The van der Waals surface area contributed by atoms with E-state index in [4.69, 9.17) is 11.6 Å². The molecule has 0 bridgehead atoms. The van der Waals surface area contributed by atoms with Gasteiger partial charge in [-0.15, -0.1) is 0 Å². The molecule has 23 heavy (non-hydrogen) atoms. The fourth-order valence-electron chi connectivity index (χ4n) is 2.73. The van der Waals surface area contributed by atoms with Gasteiger partial charge in [0.15, 0.2) is 0 Å². The fraction of sp³-hybridized carbons (Fsp3) is 0.267. The number of hydrogen-bond acceptors (Lipinski definition) is 4. The summed E-state index contributed by atoms with van der Waals surface area (Å²) in [7, 11) is 0. The summed E-state index contributed by atoms with van der Waals surface area (Å²) < 4.78 is 0. The van der Waals surface area contributed by atoms with Crippen LogP contribution in [0.2, 0.25) is 5.02 Å². The first-order valence-electron chi connectivity index (χ1n) is 7.16. The lowest BCUT2D eigenvalue weighted by atomic mass is 10.0. The number of carbonyl (C=O) groups is 1. The normalized spacial score (nSPS) is 18.0. The first-order chi connectivity index (χ1) is 11.1. The van der Waals surface area contributed by atoms with Gasteiger partial charge in [0.1, 0.15) is 5.69 Å². The lowest BCUT2D eigenvalue weighted by Crippen LogP contribution is -2.48. The minimum atomic E-state index is -0.528. The highest BCUT2D eigenvalue weighted by molar-refractivity contribution is 6.30. The van der Waals surface area contributed by atoms with Crippen molar-refractivity contribution in [3.63, 3.8) is 0 Å². The number of piperazine rings is 1. The third-order valence-corrected chi connectivity index (χ3v) is 4.08. The van der Waals surface area contributed by atoms with Gasteiger partial charge in [-0.2, -0.15) is 0 Å². The van der Waals surface area contributed by atoms with Crippen LogP contribution in [0.1, 0.15) is 22.1 Å². The van der Waals surface area contributed by atoms with Crippen molar-refractivity contribution in [2.75, 3.05) is 19.6 Å². The lowest BCUT2D eigenvalue weighted by molar-refractivity contribution is -0.384. The Bertz CT molecular complexity index is 746. The highest BCUT2D eigenvalue weighted by atomic mass is 35.5. The Balaban J connectivity index is 1.88. The maximum atomic E-state index is 12.7. The zero-order valence-electron chi connectivity index (χ0n) is 12.2. The van der Waals surface area contributed by atoms with E-state index in [-0.39, 0.29) is 23.3 Å². The van der Waals surface area contributed by atoms with Crippen LogP contribution in [0.3, 0.4) is 0 Å². The SMILES string of the molecule is O=C(c1cc([N+](=O)[O-])c[nH]1)N1CCNCC1c1cccc(Cl)c1. The Labute approximate surface area is 137 Å². The van der Waals surface area contributed by atoms with Gasteiger partial charge < -0.3 is 15.2 Å². The number of carbonyl (C=O) groups excluding carboxylic acids is 1. The number of nitrogens with zero attached hydrogens (tertiary/aromatic N) is 2. The second-order valence-electron chi connectivity index (χ2n) is 5.30. The molecule has 2 aromatic rings. The van der Waals surface area contributed by atoms with E-state index < -0.39 is 4.92 Å². The number of aromatic nitrogens is 1. The molecule has 0 radical (unpaired) electrons. The summed E-state index contributed by atoms with van der Waals surface area (Å²) in [6.45, 7) is 1.79. The molecule has 1 aromatic heterocycles. The number of amides is 1. The van der Waals surface area contributed by atoms with Crippen molar-refractivity contribution in [1.82, 2.24) is 15.2 Å². The molecule has 1 aliphatic heterocycles. The maximum absolute atomic E-state index is 12.7. The molecule has 3 rings (SSSR count). The minimum Gasteiger partial charge on any atom is -0.351 e. The molecular weight excluding hydrogens is 320 g/mol. The van der Waals surface area contributed by atoms with Gasteiger partial charge in [0.2, 0.25) is 0 Å². The minimum absolute atomic E-state index is 0.122. The molecule has 2 N–H and O–H groups in total. The Kier molecular flexibility index (Phi) is 4.31. The number of halogens is 1. The molecule has 1 fully saturated rings. The van der Waals surface area contributed by atoms with Crippen LogP contribution in [0.5, 0.6) is 0 Å². The first kappa shape index (κ1) is 15.5. The van der Waals surface area contributed by atoms with Gasteiger partial charge in [0.05, 0.1) is 17.2 Å². The van der Waals surface area contributed by atoms with Crippen molar-refractivity contribution in [2.24, 2.45) is 0 Å². The monoisotopic (exact) mass is 334 g/mol. The molecule has 1 aliphatic rings. The van der Waals surface area contributed by atoms with Gasteiger partial charge in [0.25, 0.3) is 11.6 Å². The van der Waals surface area contributed by atoms with E-state index in [2.05, 4.69) is 10.3 Å². The van der Waals surface area contributed by atoms with Gasteiger partial charge in [-0.05, 0) is 17.7 Å². The van der Waals surface area contributed by atoms with E-state index in [1.54, 1.807) is 11.0 Å². The van der Waals surface area contributed by atoms with Crippen LogP contribution in [-0.4, -0.2) is 40.3 Å². The number of H-pyrrole nitrogens is 1. The fourth-order valence-corrected chi connectivity index (χ4v) is 2.92. The predicted octanol–water partition coefficient (Wildman–Crippen LogP) is 2.36. The summed E-state index contributed by atoms with van der Waals surface area (Å²) in [4.78, 5) is 27.4. The molecule has 7 nitrogen and oxygen atoms in total. The van der Waals surface area contributed by atoms with Crippen LogP contribution in [0.25, 0.3) is 0 Å². The maximum Gasteiger partial charge on any atom is 0.287 e. The van der Waals surface area contributed by atoms with E-state index in [0.29, 0.717) is 24.7 Å². The topological polar surface area (TPSA) is 91.3 Å². The molecule has 0 saturated carbocycles. The summed E-state index contributed by atoms with van der Waals surface area (Å²) in [5, 5.41) is 14.6. The van der Waals surface area contributed by atoms with Gasteiger partial charge in [-0.25, -0.2) is 0 Å². The van der Waals surface area contributed by atoms with Crippen LogP contribution in [-0.2, 0) is 0 Å². The Hall–Kier alpha value is -2.38. The molecule has 1 amide bonds. The van der Waals surface area contributed by atoms with Crippen molar-refractivity contribution >= 4 is 23.2 Å². The van der Waals surface area contributed by atoms with Crippen LogP contribution in [0.4, 0.5) is 5.69 Å². The second kappa shape index (κ2) is 6.39. The van der Waals surface area contributed by atoms with Crippen molar-refractivity contribution in [3.05, 3.63) is 62.9 Å². The molecule has 0 spiro atoms. The third-order valence-electron chi connectivity index (χ3n) is 3.85. The van der Waals surface area contributed by atoms with Crippen LogP contribution < -0.4 is 5.32 Å². The molecule has 1 saturated heterocycles. The van der Waals surface area contributed by atoms with Crippen molar-refractivity contribution in [2.45, 2.75) is 6.04 Å². The largest absolute Gasteiger partial charge is 0.351 e. The molecule has 1 unspecified atom stereocenters. The molecular formula is C15H15ClN4O3. The van der Waals surface area contributed by atoms with Crippen molar-refractivity contribution in [1.29, 1.82) is 0 Å². The van der Waals surface area contributed by atoms with E-state index in [0.717, 1.165) is 5.56 Å². The molecule has 1 atom stereocenters. The highest BCUT2D eigenvalue weighted by Crippen LogP contribution is 2.26. The zero-order valence-corrected chi connectivity index (χ0v) is 12.9. The van der Waals surface area contributed by atoms with Crippen molar-refractivity contribution < 1.29 is 9.72 Å². The number of nitro groups is 1. The second-order valence-corrected chi connectivity index (χ2v) is 5.74. The quantitative estimate of drug-likeness (QED) is 0.666. The van der Waals surface area contributed by atoms with E-state index >= 15 is 0 Å². The molecule has 0 aliphatic carbocycles. The summed E-state index contributed by atoms with van der Waals surface area (Å²) in [6.07, 6.45) is 1.23. The molecule has 1 aromatic carbocycles. The molecule has 2 heterocycles. The van der Waals surface area contributed by atoms with Gasteiger partial charge in [-0.3, -0.25) is 14.9 Å². The van der Waals surface area contributed by atoms with Crippen molar-refractivity contribution in [3.8, 4) is 0 Å². The summed E-state index contributed by atoms with van der Waals surface area (Å²) in [6, 6.07) is 8.46. The Morgan fingerprint density at radius 2 is 2.22 bits per heavy atom.